The lowest BCUT2D eigenvalue weighted by Crippen LogP contribution is -2.41. The SMILES string of the molecule is CC1CCCN(C(=O)Nc2ccc(Br)c(N)c2)C1. The van der Waals surface area contributed by atoms with Crippen LogP contribution >= 0.6 is 15.9 Å². The molecule has 3 N–H and O–H groups in total. The Hall–Kier alpha value is -1.23. The monoisotopic (exact) mass is 311 g/mol. The predicted molar refractivity (Wildman–Crippen MR) is 77.5 cm³/mol. The van der Waals surface area contributed by atoms with Crippen LogP contribution in [0.15, 0.2) is 22.7 Å². The number of carbonyl (C=O) groups is 1. The second-order valence-corrected chi connectivity index (χ2v) is 5.71. The number of carbonyl (C=O) groups excluding carboxylic acids is 1. The van der Waals surface area contributed by atoms with Crippen LogP contribution in [0.4, 0.5) is 16.2 Å². The van der Waals surface area contributed by atoms with Crippen molar-refractivity contribution in [2.24, 2.45) is 5.92 Å². The van der Waals surface area contributed by atoms with Gasteiger partial charge in [-0.2, -0.15) is 0 Å². The minimum Gasteiger partial charge on any atom is -0.398 e. The number of likely N-dealkylation sites (tertiary alicyclic amines) is 1. The molecule has 1 aliphatic rings. The van der Waals surface area contributed by atoms with Gasteiger partial charge in [-0.25, -0.2) is 4.79 Å². The number of hydrogen-bond acceptors (Lipinski definition) is 2. The molecule has 0 spiro atoms. The molecule has 0 aliphatic carbocycles. The summed E-state index contributed by atoms with van der Waals surface area (Å²) in [5, 5.41) is 2.89. The van der Waals surface area contributed by atoms with E-state index in [0.29, 0.717) is 11.6 Å². The highest BCUT2D eigenvalue weighted by atomic mass is 79.9. The van der Waals surface area contributed by atoms with Gasteiger partial charge in [-0.3, -0.25) is 0 Å². The Labute approximate surface area is 116 Å². The summed E-state index contributed by atoms with van der Waals surface area (Å²) in [6.07, 6.45) is 2.28. The van der Waals surface area contributed by atoms with Crippen LogP contribution in [0.3, 0.4) is 0 Å². The molecule has 5 heteroatoms. The Morgan fingerprint density at radius 3 is 3.00 bits per heavy atom. The van der Waals surface area contributed by atoms with Crippen molar-refractivity contribution in [2.75, 3.05) is 24.1 Å². The normalized spacial score (nSPS) is 19.7. The first-order valence-corrected chi connectivity index (χ1v) is 6.96. The molecule has 0 radical (unpaired) electrons. The second kappa shape index (κ2) is 5.61. The van der Waals surface area contributed by atoms with Crippen molar-refractivity contribution in [2.45, 2.75) is 19.8 Å². The fourth-order valence-electron chi connectivity index (χ4n) is 2.20. The highest BCUT2D eigenvalue weighted by molar-refractivity contribution is 9.10. The van der Waals surface area contributed by atoms with Crippen LogP contribution < -0.4 is 11.1 Å². The van der Waals surface area contributed by atoms with Crippen LogP contribution in [0.5, 0.6) is 0 Å². The molecular formula is C13H18BrN3O. The summed E-state index contributed by atoms with van der Waals surface area (Å²) >= 11 is 3.33. The summed E-state index contributed by atoms with van der Waals surface area (Å²) in [6, 6.07) is 5.40. The molecule has 1 aromatic rings. The first kappa shape index (κ1) is 13.2. The molecule has 98 valence electrons. The molecule has 4 nitrogen and oxygen atoms in total. The lowest BCUT2D eigenvalue weighted by atomic mass is 10.0. The van der Waals surface area contributed by atoms with Crippen LogP contribution in [-0.2, 0) is 0 Å². The molecule has 2 rings (SSSR count). The minimum atomic E-state index is -0.0386. The maximum Gasteiger partial charge on any atom is 0.321 e. The van der Waals surface area contributed by atoms with Crippen LogP contribution in [0.2, 0.25) is 0 Å². The smallest absolute Gasteiger partial charge is 0.321 e. The van der Waals surface area contributed by atoms with Crippen molar-refractivity contribution in [3.8, 4) is 0 Å². The topological polar surface area (TPSA) is 58.4 Å². The number of benzene rings is 1. The molecule has 1 saturated heterocycles. The molecule has 1 fully saturated rings. The van der Waals surface area contributed by atoms with Crippen molar-refractivity contribution in [3.05, 3.63) is 22.7 Å². The minimum absolute atomic E-state index is 0.0386. The summed E-state index contributed by atoms with van der Waals surface area (Å²) < 4.78 is 0.840. The first-order chi connectivity index (χ1) is 8.56. The average molecular weight is 312 g/mol. The zero-order chi connectivity index (χ0) is 13.1. The van der Waals surface area contributed by atoms with Crippen molar-refractivity contribution < 1.29 is 4.79 Å². The zero-order valence-electron chi connectivity index (χ0n) is 10.4. The third-order valence-electron chi connectivity index (χ3n) is 3.19. The molecule has 0 aromatic heterocycles. The summed E-state index contributed by atoms with van der Waals surface area (Å²) in [5.74, 6) is 0.583. The molecule has 1 aliphatic heterocycles. The maximum absolute atomic E-state index is 12.1. The standard InChI is InChI=1S/C13H18BrN3O/c1-9-3-2-6-17(8-9)13(18)16-10-4-5-11(14)12(15)7-10/h4-5,7,9H,2-3,6,8,15H2,1H3,(H,16,18). The van der Waals surface area contributed by atoms with Gasteiger partial charge in [0.15, 0.2) is 0 Å². The van der Waals surface area contributed by atoms with E-state index in [1.807, 2.05) is 17.0 Å². The Bertz CT molecular complexity index is 450. The number of piperidine rings is 1. The molecule has 1 aromatic carbocycles. The first-order valence-electron chi connectivity index (χ1n) is 6.17. The number of nitrogens with one attached hydrogen (secondary N) is 1. The van der Waals surface area contributed by atoms with Gasteiger partial charge in [0, 0.05) is 28.9 Å². The lowest BCUT2D eigenvalue weighted by molar-refractivity contribution is 0.182. The number of nitrogens with two attached hydrogens (primary N) is 1. The predicted octanol–water partition coefficient (Wildman–Crippen LogP) is 3.30. The van der Waals surface area contributed by atoms with E-state index in [1.165, 1.54) is 6.42 Å². The third kappa shape index (κ3) is 3.16. The van der Waals surface area contributed by atoms with E-state index in [-0.39, 0.29) is 6.03 Å². The zero-order valence-corrected chi connectivity index (χ0v) is 12.0. The van der Waals surface area contributed by atoms with E-state index < -0.39 is 0 Å². The summed E-state index contributed by atoms with van der Waals surface area (Å²) in [6.45, 7) is 3.84. The van der Waals surface area contributed by atoms with Crippen molar-refractivity contribution >= 4 is 33.3 Å². The van der Waals surface area contributed by atoms with E-state index in [9.17, 15) is 4.79 Å². The van der Waals surface area contributed by atoms with Gasteiger partial charge in [-0.15, -0.1) is 0 Å². The van der Waals surface area contributed by atoms with E-state index in [0.717, 1.165) is 29.7 Å². The molecule has 0 bridgehead atoms. The highest BCUT2D eigenvalue weighted by Crippen LogP contribution is 2.23. The van der Waals surface area contributed by atoms with Crippen LogP contribution in [0.25, 0.3) is 0 Å². The number of anilines is 2. The second-order valence-electron chi connectivity index (χ2n) is 4.86. The number of nitrogens with zero attached hydrogens (tertiary/aromatic N) is 1. The number of rotatable bonds is 1. The summed E-state index contributed by atoms with van der Waals surface area (Å²) in [5.41, 5.74) is 7.15. The molecule has 1 unspecified atom stereocenters. The lowest BCUT2D eigenvalue weighted by Gasteiger charge is -2.30. The molecule has 0 saturated carbocycles. The Morgan fingerprint density at radius 2 is 2.33 bits per heavy atom. The van der Waals surface area contributed by atoms with Gasteiger partial charge in [-0.05, 0) is 52.9 Å². The van der Waals surface area contributed by atoms with Gasteiger partial charge in [-0.1, -0.05) is 6.92 Å². The number of nitrogen functional groups attached to an aromatic ring is 1. The fraction of sp³-hybridized carbons (Fsp3) is 0.462. The Morgan fingerprint density at radius 1 is 1.56 bits per heavy atom. The number of amides is 2. The van der Waals surface area contributed by atoms with Crippen LogP contribution in [0, 0.1) is 5.92 Å². The number of hydrogen-bond donors (Lipinski definition) is 2. The highest BCUT2D eigenvalue weighted by Gasteiger charge is 2.20. The van der Waals surface area contributed by atoms with Crippen molar-refractivity contribution in [1.29, 1.82) is 0 Å². The van der Waals surface area contributed by atoms with E-state index in [2.05, 4.69) is 28.2 Å². The van der Waals surface area contributed by atoms with Gasteiger partial charge < -0.3 is 16.0 Å². The number of urea groups is 1. The molecule has 2 amide bonds. The Kier molecular flexibility index (Phi) is 4.11. The third-order valence-corrected chi connectivity index (χ3v) is 3.91. The van der Waals surface area contributed by atoms with Gasteiger partial charge in [0.2, 0.25) is 0 Å². The molecule has 1 heterocycles. The van der Waals surface area contributed by atoms with Crippen LogP contribution in [0.1, 0.15) is 19.8 Å². The quantitative estimate of drug-likeness (QED) is 0.782. The maximum atomic E-state index is 12.1. The van der Waals surface area contributed by atoms with Gasteiger partial charge >= 0.3 is 6.03 Å². The average Bonchev–Trinajstić information content (AvgIpc) is 2.34. The Balaban J connectivity index is 2.00. The van der Waals surface area contributed by atoms with E-state index in [1.54, 1.807) is 6.07 Å². The van der Waals surface area contributed by atoms with Crippen molar-refractivity contribution in [3.63, 3.8) is 0 Å². The van der Waals surface area contributed by atoms with Gasteiger partial charge in [0.25, 0.3) is 0 Å². The summed E-state index contributed by atoms with van der Waals surface area (Å²) in [4.78, 5) is 13.9. The molecule has 1 atom stereocenters. The molecular weight excluding hydrogens is 294 g/mol. The van der Waals surface area contributed by atoms with E-state index >= 15 is 0 Å². The van der Waals surface area contributed by atoms with E-state index in [4.69, 9.17) is 5.73 Å². The fourth-order valence-corrected chi connectivity index (χ4v) is 2.44. The van der Waals surface area contributed by atoms with Gasteiger partial charge in [0.1, 0.15) is 0 Å². The number of halogens is 1. The largest absolute Gasteiger partial charge is 0.398 e. The molecule has 18 heavy (non-hydrogen) atoms. The summed E-state index contributed by atoms with van der Waals surface area (Å²) in [7, 11) is 0. The van der Waals surface area contributed by atoms with Crippen LogP contribution in [-0.4, -0.2) is 24.0 Å². The van der Waals surface area contributed by atoms with Gasteiger partial charge in [0.05, 0.1) is 0 Å². The van der Waals surface area contributed by atoms with Crippen molar-refractivity contribution in [1.82, 2.24) is 4.90 Å².